The van der Waals surface area contributed by atoms with Crippen LogP contribution in [0.15, 0.2) is 12.1 Å². The first kappa shape index (κ1) is 8.14. The largest absolute Gasteiger partial charge is 0.316 e. The minimum atomic E-state index is -0.825. The van der Waals surface area contributed by atoms with Crippen LogP contribution in [0.2, 0.25) is 0 Å². The van der Waals surface area contributed by atoms with E-state index < -0.39 is 11.6 Å². The fraction of sp³-hybridized carbons (Fsp3) is 0.250. The summed E-state index contributed by atoms with van der Waals surface area (Å²) in [7, 11) is 1.66. The Kier molecular flexibility index (Phi) is 2.54. The number of nitrogens with one attached hydrogen (secondary N) is 1. The number of rotatable bonds is 2. The molecule has 0 heterocycles. The van der Waals surface area contributed by atoms with Gasteiger partial charge in [-0.25, -0.2) is 8.78 Å². The molecular weight excluding hydrogens is 148 g/mol. The standard InChI is InChI=1S/C8H8F2N/c1-11-5-6-3-2-4-7(9)8(6)10/h2,4,11H,5H2,1H3. The molecule has 0 aromatic heterocycles. The molecule has 1 aromatic rings. The molecule has 0 saturated carbocycles. The zero-order valence-electron chi connectivity index (χ0n) is 6.12. The second-order valence-corrected chi connectivity index (χ2v) is 2.15. The number of hydrogen-bond donors (Lipinski definition) is 1. The van der Waals surface area contributed by atoms with Gasteiger partial charge in [0.1, 0.15) is 0 Å². The van der Waals surface area contributed by atoms with Gasteiger partial charge in [0.25, 0.3) is 0 Å². The summed E-state index contributed by atoms with van der Waals surface area (Å²) in [6.45, 7) is 0.295. The zero-order chi connectivity index (χ0) is 8.27. The van der Waals surface area contributed by atoms with Gasteiger partial charge in [0.05, 0.1) is 0 Å². The molecule has 1 radical (unpaired) electrons. The summed E-state index contributed by atoms with van der Waals surface area (Å²) >= 11 is 0. The van der Waals surface area contributed by atoms with E-state index in [0.29, 0.717) is 6.54 Å². The van der Waals surface area contributed by atoms with Crippen molar-refractivity contribution in [3.05, 3.63) is 35.4 Å². The molecule has 1 N–H and O–H groups in total. The van der Waals surface area contributed by atoms with E-state index in [1.807, 2.05) is 0 Å². The van der Waals surface area contributed by atoms with Gasteiger partial charge < -0.3 is 5.32 Å². The molecule has 0 spiro atoms. The summed E-state index contributed by atoms with van der Waals surface area (Å²) in [5, 5.41) is 2.71. The van der Waals surface area contributed by atoms with Crippen LogP contribution in [0.3, 0.4) is 0 Å². The second-order valence-electron chi connectivity index (χ2n) is 2.15. The second kappa shape index (κ2) is 3.44. The van der Waals surface area contributed by atoms with Gasteiger partial charge in [-0.05, 0) is 19.2 Å². The van der Waals surface area contributed by atoms with Crippen LogP contribution in [0.4, 0.5) is 8.78 Å². The van der Waals surface area contributed by atoms with Crippen molar-refractivity contribution in [2.24, 2.45) is 0 Å². The molecule has 0 saturated heterocycles. The van der Waals surface area contributed by atoms with Crippen LogP contribution in [0.5, 0.6) is 0 Å². The van der Waals surface area contributed by atoms with Gasteiger partial charge in [-0.2, -0.15) is 0 Å². The van der Waals surface area contributed by atoms with Crippen LogP contribution < -0.4 is 5.32 Å². The zero-order valence-corrected chi connectivity index (χ0v) is 6.12. The van der Waals surface area contributed by atoms with Gasteiger partial charge in [-0.3, -0.25) is 0 Å². The van der Waals surface area contributed by atoms with Crippen LogP contribution >= 0.6 is 0 Å². The van der Waals surface area contributed by atoms with Gasteiger partial charge in [-0.1, -0.05) is 6.07 Å². The van der Waals surface area contributed by atoms with Gasteiger partial charge in [0.15, 0.2) is 11.6 Å². The number of benzene rings is 1. The number of hydrogen-bond acceptors (Lipinski definition) is 1. The first-order valence-electron chi connectivity index (χ1n) is 3.25. The third-order valence-corrected chi connectivity index (χ3v) is 1.32. The molecular formula is C8H8F2N. The minimum Gasteiger partial charge on any atom is -0.316 e. The maximum atomic E-state index is 12.7. The Hall–Kier alpha value is -0.960. The van der Waals surface area contributed by atoms with Crippen molar-refractivity contribution in [1.82, 2.24) is 5.32 Å². The Morgan fingerprint density at radius 2 is 2.27 bits per heavy atom. The third kappa shape index (κ3) is 1.74. The summed E-state index contributed by atoms with van der Waals surface area (Å²) < 4.78 is 25.2. The van der Waals surface area contributed by atoms with E-state index in [1.165, 1.54) is 6.07 Å². The Balaban J connectivity index is 2.96. The van der Waals surface area contributed by atoms with Gasteiger partial charge in [0, 0.05) is 12.1 Å². The van der Waals surface area contributed by atoms with E-state index in [0.717, 1.165) is 6.07 Å². The molecule has 1 rings (SSSR count). The Morgan fingerprint density at radius 1 is 1.55 bits per heavy atom. The first-order chi connectivity index (χ1) is 5.25. The summed E-state index contributed by atoms with van der Waals surface area (Å²) in [6, 6.07) is 5.02. The summed E-state index contributed by atoms with van der Waals surface area (Å²) in [6.07, 6.45) is 0. The SMILES string of the molecule is CNCc1[c]ccc(F)c1F. The van der Waals surface area contributed by atoms with Crippen LogP contribution in [0.1, 0.15) is 5.56 Å². The first-order valence-corrected chi connectivity index (χ1v) is 3.25. The fourth-order valence-corrected chi connectivity index (χ4v) is 0.802. The predicted octanol–water partition coefficient (Wildman–Crippen LogP) is 1.48. The molecule has 11 heavy (non-hydrogen) atoms. The summed E-state index contributed by atoms with van der Waals surface area (Å²) in [4.78, 5) is 0. The van der Waals surface area contributed by atoms with Crippen molar-refractivity contribution < 1.29 is 8.78 Å². The molecule has 0 fully saturated rings. The average Bonchev–Trinajstić information content (AvgIpc) is 1.99. The monoisotopic (exact) mass is 156 g/mol. The maximum absolute atomic E-state index is 12.7. The van der Waals surface area contributed by atoms with Crippen molar-refractivity contribution in [1.29, 1.82) is 0 Å². The Labute approximate surface area is 64.0 Å². The van der Waals surface area contributed by atoms with E-state index in [-0.39, 0.29) is 5.56 Å². The van der Waals surface area contributed by atoms with E-state index in [1.54, 1.807) is 7.05 Å². The lowest BCUT2D eigenvalue weighted by Gasteiger charge is -2.00. The highest BCUT2D eigenvalue weighted by Gasteiger charge is 2.05. The molecule has 0 aliphatic heterocycles. The normalized spacial score (nSPS) is 10.1. The van der Waals surface area contributed by atoms with Crippen LogP contribution in [0, 0.1) is 17.7 Å². The topological polar surface area (TPSA) is 12.0 Å². The van der Waals surface area contributed by atoms with Gasteiger partial charge in [-0.15, -0.1) is 0 Å². The smallest absolute Gasteiger partial charge is 0.163 e. The number of halogens is 2. The highest BCUT2D eigenvalue weighted by atomic mass is 19.2. The van der Waals surface area contributed by atoms with E-state index in [4.69, 9.17) is 0 Å². The van der Waals surface area contributed by atoms with Crippen molar-refractivity contribution in [2.45, 2.75) is 6.54 Å². The molecule has 1 aromatic carbocycles. The van der Waals surface area contributed by atoms with Gasteiger partial charge >= 0.3 is 0 Å². The molecule has 0 amide bonds. The fourth-order valence-electron chi connectivity index (χ4n) is 0.802. The molecule has 0 aliphatic rings. The van der Waals surface area contributed by atoms with Crippen molar-refractivity contribution in [3.63, 3.8) is 0 Å². The summed E-state index contributed by atoms with van der Waals surface area (Å²) in [5.74, 6) is -1.64. The third-order valence-electron chi connectivity index (χ3n) is 1.32. The Morgan fingerprint density at radius 3 is 2.91 bits per heavy atom. The quantitative estimate of drug-likeness (QED) is 0.684. The lowest BCUT2D eigenvalue weighted by molar-refractivity contribution is 0.495. The highest BCUT2D eigenvalue weighted by molar-refractivity contribution is 5.17. The molecule has 0 unspecified atom stereocenters. The Bertz CT molecular complexity index is 248. The predicted molar refractivity (Wildman–Crippen MR) is 38.0 cm³/mol. The van der Waals surface area contributed by atoms with Gasteiger partial charge in [0.2, 0.25) is 0 Å². The summed E-state index contributed by atoms with van der Waals surface area (Å²) in [5.41, 5.74) is 0.229. The molecule has 1 nitrogen and oxygen atoms in total. The lowest BCUT2D eigenvalue weighted by Crippen LogP contribution is -2.07. The molecule has 0 bridgehead atoms. The molecule has 0 aliphatic carbocycles. The van der Waals surface area contributed by atoms with E-state index >= 15 is 0 Å². The lowest BCUT2D eigenvalue weighted by atomic mass is 10.2. The highest BCUT2D eigenvalue weighted by Crippen LogP contribution is 2.09. The molecule has 3 heteroatoms. The van der Waals surface area contributed by atoms with E-state index in [2.05, 4.69) is 11.4 Å². The minimum absolute atomic E-state index is 0.229. The van der Waals surface area contributed by atoms with Crippen LogP contribution in [-0.4, -0.2) is 7.05 Å². The van der Waals surface area contributed by atoms with Crippen molar-refractivity contribution in [3.8, 4) is 0 Å². The maximum Gasteiger partial charge on any atom is 0.163 e. The van der Waals surface area contributed by atoms with Crippen molar-refractivity contribution in [2.75, 3.05) is 7.05 Å². The molecule has 59 valence electrons. The van der Waals surface area contributed by atoms with Crippen LogP contribution in [0.25, 0.3) is 0 Å². The van der Waals surface area contributed by atoms with Crippen LogP contribution in [-0.2, 0) is 6.54 Å². The van der Waals surface area contributed by atoms with E-state index in [9.17, 15) is 8.78 Å². The average molecular weight is 156 g/mol. The molecule has 0 atom stereocenters. The van der Waals surface area contributed by atoms with Crippen molar-refractivity contribution >= 4 is 0 Å².